The van der Waals surface area contributed by atoms with Crippen molar-refractivity contribution < 1.29 is 14.3 Å². The third-order valence-corrected chi connectivity index (χ3v) is 7.65. The first-order chi connectivity index (χ1) is 20.4. The number of rotatable bonds is 9. The van der Waals surface area contributed by atoms with Crippen LogP contribution >= 0.6 is 23.2 Å². The first-order valence-corrected chi connectivity index (χ1v) is 14.5. The molecule has 5 rings (SSSR count). The summed E-state index contributed by atoms with van der Waals surface area (Å²) in [6.45, 7) is 3.46. The molecule has 0 aromatic heterocycles. The third-order valence-electron chi connectivity index (χ3n) is 7.21. The monoisotopic (exact) mass is 602 g/mol. The van der Waals surface area contributed by atoms with Gasteiger partial charge in [0, 0.05) is 59.7 Å². The molecule has 0 unspecified atom stereocenters. The van der Waals surface area contributed by atoms with Crippen molar-refractivity contribution >= 4 is 52.1 Å². The summed E-state index contributed by atoms with van der Waals surface area (Å²) in [6.07, 6.45) is 0.714. The van der Waals surface area contributed by atoms with Crippen LogP contribution in [0.25, 0.3) is 0 Å². The summed E-state index contributed by atoms with van der Waals surface area (Å²) in [5.41, 5.74) is 4.34. The summed E-state index contributed by atoms with van der Waals surface area (Å²) in [5, 5.41) is 6.69. The summed E-state index contributed by atoms with van der Waals surface area (Å²) in [5.74, 6) is 0.272. The van der Waals surface area contributed by atoms with Crippen LogP contribution in [0.1, 0.15) is 26.3 Å². The summed E-state index contributed by atoms with van der Waals surface area (Å²) >= 11 is 12.2. The Morgan fingerprint density at radius 1 is 0.762 bits per heavy atom. The van der Waals surface area contributed by atoms with Gasteiger partial charge in [0.05, 0.1) is 18.4 Å². The normalized spacial score (nSPS) is 13.0. The second kappa shape index (κ2) is 13.6. The lowest BCUT2D eigenvalue weighted by Crippen LogP contribution is -2.47. The SMILES string of the molecule is COc1ccccc1N1CCN(c2ccc(NC(=O)c3cc(Cl)cc(Cl)c3)cc2C(=O)NCCc2ccccc2)CC1. The van der Waals surface area contributed by atoms with E-state index in [4.69, 9.17) is 27.9 Å². The highest BCUT2D eigenvalue weighted by Crippen LogP contribution is 2.31. The van der Waals surface area contributed by atoms with Crippen LogP contribution in [0.15, 0.2) is 91.0 Å². The predicted octanol–water partition coefficient (Wildman–Crippen LogP) is 6.55. The van der Waals surface area contributed by atoms with Gasteiger partial charge in [-0.2, -0.15) is 0 Å². The smallest absolute Gasteiger partial charge is 0.255 e. The van der Waals surface area contributed by atoms with E-state index in [1.165, 1.54) is 0 Å². The number of nitrogens with zero attached hydrogens (tertiary/aromatic N) is 2. The van der Waals surface area contributed by atoms with E-state index in [2.05, 4.69) is 26.5 Å². The van der Waals surface area contributed by atoms with Gasteiger partial charge in [0.1, 0.15) is 5.75 Å². The molecule has 0 aliphatic carbocycles. The number of halogens is 2. The van der Waals surface area contributed by atoms with E-state index in [9.17, 15) is 9.59 Å². The molecule has 7 nitrogen and oxygen atoms in total. The van der Waals surface area contributed by atoms with E-state index in [1.54, 1.807) is 31.4 Å². The number of ether oxygens (including phenoxy) is 1. The van der Waals surface area contributed by atoms with Gasteiger partial charge in [-0.1, -0.05) is 65.7 Å². The molecule has 1 aliphatic rings. The van der Waals surface area contributed by atoms with Gasteiger partial charge < -0.3 is 25.2 Å². The van der Waals surface area contributed by atoms with Crippen LogP contribution in [0.3, 0.4) is 0 Å². The number of benzene rings is 4. The summed E-state index contributed by atoms with van der Waals surface area (Å²) in [4.78, 5) is 31.0. The van der Waals surface area contributed by atoms with Crippen molar-refractivity contribution in [2.24, 2.45) is 0 Å². The molecule has 1 fully saturated rings. The van der Waals surface area contributed by atoms with Crippen molar-refractivity contribution in [2.75, 3.05) is 55.0 Å². The van der Waals surface area contributed by atoms with Crippen molar-refractivity contribution in [1.29, 1.82) is 0 Å². The Morgan fingerprint density at radius 2 is 1.40 bits per heavy atom. The molecule has 0 spiro atoms. The molecule has 0 saturated carbocycles. The van der Waals surface area contributed by atoms with E-state index in [-0.39, 0.29) is 11.8 Å². The van der Waals surface area contributed by atoms with E-state index < -0.39 is 0 Å². The Labute approximate surface area is 256 Å². The Hall–Kier alpha value is -4.20. The molecule has 1 saturated heterocycles. The Kier molecular flexibility index (Phi) is 9.52. The molecule has 0 radical (unpaired) electrons. The van der Waals surface area contributed by atoms with Crippen molar-refractivity contribution in [1.82, 2.24) is 5.32 Å². The molecule has 42 heavy (non-hydrogen) atoms. The number of nitrogens with one attached hydrogen (secondary N) is 2. The zero-order valence-corrected chi connectivity index (χ0v) is 24.8. The number of methoxy groups -OCH3 is 1. The molecule has 0 bridgehead atoms. The second-order valence-corrected chi connectivity index (χ2v) is 10.9. The van der Waals surface area contributed by atoms with Crippen LogP contribution in [0.5, 0.6) is 5.75 Å². The first kappa shape index (κ1) is 29.3. The van der Waals surface area contributed by atoms with E-state index >= 15 is 0 Å². The molecule has 0 atom stereocenters. The van der Waals surface area contributed by atoms with Crippen LogP contribution in [0.4, 0.5) is 17.1 Å². The Bertz CT molecular complexity index is 1540. The highest BCUT2D eigenvalue weighted by atomic mass is 35.5. The third kappa shape index (κ3) is 7.16. The fourth-order valence-corrected chi connectivity index (χ4v) is 5.63. The van der Waals surface area contributed by atoms with E-state index in [1.807, 2.05) is 60.7 Å². The van der Waals surface area contributed by atoms with Gasteiger partial charge in [-0.05, 0) is 60.5 Å². The predicted molar refractivity (Wildman–Crippen MR) is 171 cm³/mol. The fourth-order valence-electron chi connectivity index (χ4n) is 5.10. The average molecular weight is 604 g/mol. The second-order valence-electron chi connectivity index (χ2n) is 9.98. The van der Waals surface area contributed by atoms with Gasteiger partial charge in [-0.15, -0.1) is 0 Å². The lowest BCUT2D eigenvalue weighted by molar-refractivity contribution is 0.0953. The van der Waals surface area contributed by atoms with Crippen LogP contribution in [0.2, 0.25) is 10.0 Å². The number of piperazine rings is 1. The minimum absolute atomic E-state index is 0.199. The maximum atomic E-state index is 13.6. The lowest BCUT2D eigenvalue weighted by atomic mass is 10.1. The van der Waals surface area contributed by atoms with Crippen LogP contribution in [-0.2, 0) is 6.42 Å². The van der Waals surface area contributed by atoms with Crippen LogP contribution in [-0.4, -0.2) is 51.6 Å². The van der Waals surface area contributed by atoms with Gasteiger partial charge in [-0.3, -0.25) is 9.59 Å². The van der Waals surface area contributed by atoms with Gasteiger partial charge in [0.15, 0.2) is 0 Å². The molecule has 4 aromatic carbocycles. The summed E-state index contributed by atoms with van der Waals surface area (Å²) in [7, 11) is 1.68. The topological polar surface area (TPSA) is 73.9 Å². The molecule has 2 amide bonds. The zero-order valence-electron chi connectivity index (χ0n) is 23.3. The number of carbonyl (C=O) groups excluding carboxylic acids is 2. The Balaban J connectivity index is 1.35. The molecular formula is C33H32Cl2N4O3. The van der Waals surface area contributed by atoms with Crippen molar-refractivity contribution in [3.05, 3.63) is 118 Å². The zero-order chi connectivity index (χ0) is 29.5. The molecule has 9 heteroatoms. The lowest BCUT2D eigenvalue weighted by Gasteiger charge is -2.38. The fraction of sp³-hybridized carbons (Fsp3) is 0.212. The Morgan fingerprint density at radius 3 is 2.10 bits per heavy atom. The van der Waals surface area contributed by atoms with Gasteiger partial charge >= 0.3 is 0 Å². The number of amides is 2. The number of anilines is 3. The van der Waals surface area contributed by atoms with Gasteiger partial charge in [0.25, 0.3) is 11.8 Å². The standard InChI is InChI=1S/C33H32Cl2N4O3/c1-42-31-10-6-5-9-30(31)39-17-15-38(16-18-39)29-12-11-27(37-32(40)24-19-25(34)21-26(35)20-24)22-28(29)33(41)36-14-13-23-7-3-2-4-8-23/h2-12,19-22H,13-18H2,1H3,(H,36,41)(H,37,40). The van der Waals surface area contributed by atoms with Crippen LogP contribution < -0.4 is 25.2 Å². The number of carbonyl (C=O) groups is 2. The minimum Gasteiger partial charge on any atom is -0.495 e. The van der Waals surface area contributed by atoms with Gasteiger partial charge in [-0.25, -0.2) is 0 Å². The maximum Gasteiger partial charge on any atom is 0.255 e. The number of hydrogen-bond acceptors (Lipinski definition) is 5. The van der Waals surface area contributed by atoms with Crippen molar-refractivity contribution in [2.45, 2.75) is 6.42 Å². The maximum absolute atomic E-state index is 13.6. The molecule has 4 aromatic rings. The number of hydrogen-bond donors (Lipinski definition) is 2. The van der Waals surface area contributed by atoms with Crippen LogP contribution in [0, 0.1) is 0 Å². The highest BCUT2D eigenvalue weighted by molar-refractivity contribution is 6.35. The first-order valence-electron chi connectivity index (χ1n) is 13.8. The average Bonchev–Trinajstić information content (AvgIpc) is 3.01. The summed E-state index contributed by atoms with van der Waals surface area (Å²) < 4.78 is 5.56. The van der Waals surface area contributed by atoms with Gasteiger partial charge in [0.2, 0.25) is 0 Å². The summed E-state index contributed by atoms with van der Waals surface area (Å²) in [6, 6.07) is 28.1. The quantitative estimate of drug-likeness (QED) is 0.227. The van der Waals surface area contributed by atoms with E-state index in [0.29, 0.717) is 39.8 Å². The van der Waals surface area contributed by atoms with Crippen molar-refractivity contribution in [3.8, 4) is 5.75 Å². The molecule has 216 valence electrons. The molecular weight excluding hydrogens is 571 g/mol. The largest absolute Gasteiger partial charge is 0.495 e. The molecule has 2 N–H and O–H groups in total. The number of para-hydroxylation sites is 2. The minimum atomic E-state index is -0.368. The van der Waals surface area contributed by atoms with E-state index in [0.717, 1.165) is 48.9 Å². The molecule has 1 heterocycles. The van der Waals surface area contributed by atoms with Crippen molar-refractivity contribution in [3.63, 3.8) is 0 Å². The highest BCUT2D eigenvalue weighted by Gasteiger charge is 2.24. The molecule has 1 aliphatic heterocycles.